The summed E-state index contributed by atoms with van der Waals surface area (Å²) in [5.41, 5.74) is 1.45. The number of imidazole rings is 1. The fourth-order valence-corrected chi connectivity index (χ4v) is 3.07. The molecule has 0 aliphatic carbocycles. The highest BCUT2D eigenvalue weighted by Crippen LogP contribution is 2.28. The van der Waals surface area contributed by atoms with Crippen LogP contribution in [0.25, 0.3) is 11.0 Å². The molecule has 0 saturated heterocycles. The lowest BCUT2D eigenvalue weighted by molar-refractivity contribution is 0.534. The van der Waals surface area contributed by atoms with Crippen LogP contribution in [0.1, 0.15) is 25.2 Å². The molecule has 2 rings (SSSR count). The molecule has 1 atom stereocenters. The minimum atomic E-state index is -0.447. The molecule has 0 spiro atoms. The van der Waals surface area contributed by atoms with Gasteiger partial charge in [-0.1, -0.05) is 11.6 Å². The average Bonchev–Trinajstić information content (AvgIpc) is 2.74. The maximum atomic E-state index is 13.5. The number of rotatable bonds is 5. The van der Waals surface area contributed by atoms with E-state index in [0.717, 1.165) is 23.5 Å². The van der Waals surface area contributed by atoms with E-state index in [0.29, 0.717) is 11.4 Å². The molecule has 1 unspecified atom stereocenters. The van der Waals surface area contributed by atoms with E-state index in [1.807, 2.05) is 0 Å². The molecule has 0 radical (unpaired) electrons. The summed E-state index contributed by atoms with van der Waals surface area (Å²) < 4.78 is 15.5. The molecule has 1 heterocycles. The van der Waals surface area contributed by atoms with E-state index < -0.39 is 5.82 Å². The van der Waals surface area contributed by atoms with Crippen molar-refractivity contribution in [2.24, 2.45) is 0 Å². The second kappa shape index (κ2) is 6.33. The average molecular weight is 321 g/mol. The van der Waals surface area contributed by atoms with Gasteiger partial charge in [0.05, 0.1) is 21.9 Å². The van der Waals surface area contributed by atoms with E-state index in [-0.39, 0.29) is 11.1 Å². The molecule has 0 fully saturated rings. The summed E-state index contributed by atoms with van der Waals surface area (Å²) in [6.45, 7) is 2.12. The maximum absolute atomic E-state index is 13.5. The second-order valence-electron chi connectivity index (χ2n) is 4.42. The molecule has 0 amide bonds. The first kappa shape index (κ1) is 14.9. The lowest BCUT2D eigenvalue weighted by Gasteiger charge is -2.16. The first-order chi connectivity index (χ1) is 9.08. The molecule has 0 saturated carbocycles. The van der Waals surface area contributed by atoms with E-state index in [2.05, 4.69) is 22.7 Å². The van der Waals surface area contributed by atoms with Crippen molar-refractivity contribution in [2.45, 2.75) is 25.3 Å². The normalized spacial score (nSPS) is 13.1. The third-order valence-electron chi connectivity index (χ3n) is 3.10. The van der Waals surface area contributed by atoms with Gasteiger partial charge in [0.15, 0.2) is 0 Å². The summed E-state index contributed by atoms with van der Waals surface area (Å²) in [5, 5.41) is 0.117. The lowest BCUT2D eigenvalue weighted by atomic mass is 10.2. The molecule has 0 bridgehead atoms. The van der Waals surface area contributed by atoms with Gasteiger partial charge in [0.25, 0.3) is 0 Å². The van der Waals surface area contributed by atoms with Gasteiger partial charge in [-0.3, -0.25) is 0 Å². The van der Waals surface area contributed by atoms with Crippen LogP contribution in [-0.4, -0.2) is 21.6 Å². The third-order valence-corrected chi connectivity index (χ3v) is 4.28. The highest BCUT2D eigenvalue weighted by molar-refractivity contribution is 7.98. The Kier molecular flexibility index (Phi) is 4.98. The van der Waals surface area contributed by atoms with E-state index >= 15 is 0 Å². The van der Waals surface area contributed by atoms with Gasteiger partial charge >= 0.3 is 0 Å². The van der Waals surface area contributed by atoms with Crippen molar-refractivity contribution < 1.29 is 4.39 Å². The van der Waals surface area contributed by atoms with Gasteiger partial charge in [-0.25, -0.2) is 9.37 Å². The number of thioether (sulfide) groups is 1. The molecule has 0 N–H and O–H groups in total. The molecule has 0 aliphatic heterocycles. The largest absolute Gasteiger partial charge is 0.324 e. The Balaban J connectivity index is 2.53. The maximum Gasteiger partial charge on any atom is 0.144 e. The Morgan fingerprint density at radius 3 is 2.84 bits per heavy atom. The summed E-state index contributed by atoms with van der Waals surface area (Å²) >= 11 is 13.6. The second-order valence-corrected chi connectivity index (χ2v) is 6.08. The smallest absolute Gasteiger partial charge is 0.144 e. The predicted molar refractivity (Wildman–Crippen MR) is 82.0 cm³/mol. The number of alkyl halides is 1. The van der Waals surface area contributed by atoms with Gasteiger partial charge in [0.2, 0.25) is 0 Å². The summed E-state index contributed by atoms with van der Waals surface area (Å²) in [4.78, 5) is 4.39. The van der Waals surface area contributed by atoms with Gasteiger partial charge in [0.1, 0.15) is 11.6 Å². The number of hydrogen-bond donors (Lipinski definition) is 0. The Bertz CT molecular complexity index is 586. The number of nitrogens with zero attached hydrogens (tertiary/aromatic N) is 2. The van der Waals surface area contributed by atoms with Crippen molar-refractivity contribution in [2.75, 3.05) is 12.0 Å². The van der Waals surface area contributed by atoms with Crippen molar-refractivity contribution >= 4 is 46.0 Å². The van der Waals surface area contributed by atoms with E-state index in [4.69, 9.17) is 23.2 Å². The Hall–Kier alpha value is -0.450. The molecule has 6 heteroatoms. The zero-order valence-electron chi connectivity index (χ0n) is 10.8. The molecule has 2 aromatic rings. The van der Waals surface area contributed by atoms with E-state index in [1.54, 1.807) is 17.8 Å². The van der Waals surface area contributed by atoms with Gasteiger partial charge in [-0.2, -0.15) is 11.8 Å². The molecule has 19 heavy (non-hydrogen) atoms. The van der Waals surface area contributed by atoms with E-state index in [9.17, 15) is 4.39 Å². The molecule has 104 valence electrons. The third kappa shape index (κ3) is 3.01. The van der Waals surface area contributed by atoms with Crippen LogP contribution >= 0.6 is 35.0 Å². The van der Waals surface area contributed by atoms with Crippen molar-refractivity contribution in [3.05, 3.63) is 28.8 Å². The number of fused-ring (bicyclic) bond motifs is 1. The van der Waals surface area contributed by atoms with Gasteiger partial charge in [-0.15, -0.1) is 11.6 Å². The van der Waals surface area contributed by atoms with Crippen LogP contribution in [0.15, 0.2) is 12.1 Å². The quantitative estimate of drug-likeness (QED) is 0.730. The topological polar surface area (TPSA) is 17.8 Å². The zero-order valence-corrected chi connectivity index (χ0v) is 13.1. The van der Waals surface area contributed by atoms with Crippen LogP contribution in [0.3, 0.4) is 0 Å². The molecule has 1 aromatic carbocycles. The first-order valence-corrected chi connectivity index (χ1v) is 8.29. The highest BCUT2D eigenvalue weighted by Gasteiger charge is 2.17. The summed E-state index contributed by atoms with van der Waals surface area (Å²) in [7, 11) is 0. The Morgan fingerprint density at radius 2 is 2.21 bits per heavy atom. The number of halogens is 3. The van der Waals surface area contributed by atoms with Crippen molar-refractivity contribution in [1.29, 1.82) is 0 Å². The van der Waals surface area contributed by atoms with Crippen LogP contribution in [-0.2, 0) is 5.88 Å². The van der Waals surface area contributed by atoms with Gasteiger partial charge < -0.3 is 4.57 Å². The van der Waals surface area contributed by atoms with Crippen LogP contribution in [0.4, 0.5) is 4.39 Å². The predicted octanol–water partition coefficient (Wildman–Crippen LogP) is 4.88. The van der Waals surface area contributed by atoms with Crippen molar-refractivity contribution in [3.63, 3.8) is 0 Å². The number of aromatic nitrogens is 2. The van der Waals surface area contributed by atoms with E-state index in [1.165, 1.54) is 6.07 Å². The van der Waals surface area contributed by atoms with Crippen LogP contribution < -0.4 is 0 Å². The van der Waals surface area contributed by atoms with Gasteiger partial charge in [0, 0.05) is 12.1 Å². The molecule has 0 aliphatic rings. The molecule has 1 aromatic heterocycles. The summed E-state index contributed by atoms with van der Waals surface area (Å²) in [6, 6.07) is 3.25. The lowest BCUT2D eigenvalue weighted by Crippen LogP contribution is -2.09. The molecular formula is C13H15Cl2FN2S. The molecular weight excluding hydrogens is 306 g/mol. The monoisotopic (exact) mass is 320 g/mol. The van der Waals surface area contributed by atoms with Crippen LogP contribution in [0.2, 0.25) is 5.02 Å². The summed E-state index contributed by atoms with van der Waals surface area (Å²) in [5.74, 6) is 1.67. The number of benzene rings is 1. The Labute approximate surface area is 126 Å². The van der Waals surface area contributed by atoms with Crippen molar-refractivity contribution in [3.8, 4) is 0 Å². The van der Waals surface area contributed by atoms with Crippen LogP contribution in [0, 0.1) is 5.82 Å². The Morgan fingerprint density at radius 1 is 1.47 bits per heavy atom. The molecule has 2 nitrogen and oxygen atoms in total. The minimum absolute atomic E-state index is 0.117. The SMILES string of the molecule is CSCCC(C)n1c(CCl)nc2cc(F)c(Cl)cc21. The minimum Gasteiger partial charge on any atom is -0.324 e. The van der Waals surface area contributed by atoms with Crippen LogP contribution in [0.5, 0.6) is 0 Å². The first-order valence-electron chi connectivity index (χ1n) is 5.99. The highest BCUT2D eigenvalue weighted by atomic mass is 35.5. The fourth-order valence-electron chi connectivity index (χ4n) is 2.14. The fraction of sp³-hybridized carbons (Fsp3) is 0.462. The number of hydrogen-bond acceptors (Lipinski definition) is 2. The summed E-state index contributed by atoms with van der Waals surface area (Å²) in [6.07, 6.45) is 3.08. The zero-order chi connectivity index (χ0) is 14.0. The standard InChI is InChI=1S/C13H15Cl2FN2S/c1-8(3-4-19-2)18-12-5-9(15)10(16)6-11(12)17-13(18)7-14/h5-6,8H,3-4,7H2,1-2H3. The van der Waals surface area contributed by atoms with Crippen molar-refractivity contribution in [1.82, 2.24) is 9.55 Å². The van der Waals surface area contributed by atoms with Gasteiger partial charge in [-0.05, 0) is 31.4 Å².